The van der Waals surface area contributed by atoms with Crippen molar-refractivity contribution in [2.45, 2.75) is 464 Å². The normalized spacial score (nSPS) is 12.0. The van der Waals surface area contributed by atoms with Gasteiger partial charge in [-0.3, -0.25) is 19.2 Å². The third-order valence-corrected chi connectivity index (χ3v) is 24.1. The zero-order chi connectivity index (χ0) is 79.5. The van der Waals surface area contributed by atoms with Gasteiger partial charge in [-0.05, 0) is 119 Å². The Balaban J connectivity index is 1.43. The van der Waals surface area contributed by atoms with E-state index in [0.29, 0.717) is 74.4 Å². The fraction of sp³-hybridized carbons (Fsp3) is 0.731. The van der Waals surface area contributed by atoms with Crippen molar-refractivity contribution < 1.29 is 38.1 Å². The third-order valence-electron chi connectivity index (χ3n) is 24.1. The summed E-state index contributed by atoms with van der Waals surface area (Å²) >= 11 is 0. The van der Waals surface area contributed by atoms with Gasteiger partial charge in [-0.2, -0.15) is 0 Å². The second kappa shape index (κ2) is 67.9. The van der Waals surface area contributed by atoms with Crippen LogP contribution in [0.5, 0.6) is 23.0 Å². The van der Waals surface area contributed by atoms with Crippen molar-refractivity contribution in [1.29, 1.82) is 0 Å². The lowest BCUT2D eigenvalue weighted by atomic mass is 9.88. The van der Waals surface area contributed by atoms with Crippen LogP contribution in [0.3, 0.4) is 0 Å². The summed E-state index contributed by atoms with van der Waals surface area (Å²) in [6.07, 6.45) is 87.6. The molecule has 8 heteroatoms. The van der Waals surface area contributed by atoms with E-state index in [4.69, 9.17) is 18.9 Å². The van der Waals surface area contributed by atoms with Crippen LogP contribution in [0, 0.1) is 0 Å². The molecule has 0 amide bonds. The first-order valence-electron chi connectivity index (χ1n) is 48.3. The predicted octanol–water partition coefficient (Wildman–Crippen LogP) is 32.2. The maximum atomic E-state index is 13.4. The minimum absolute atomic E-state index is 0.344. The first kappa shape index (κ1) is 97.3. The van der Waals surface area contributed by atoms with Crippen molar-refractivity contribution in [3.05, 3.63) is 115 Å². The van der Waals surface area contributed by atoms with Crippen LogP contribution >= 0.6 is 0 Å². The van der Waals surface area contributed by atoms with Crippen LogP contribution < -0.4 is 18.9 Å². The second-order valence-electron chi connectivity index (χ2n) is 34.5. The lowest BCUT2D eigenvalue weighted by molar-refractivity contribution is 0.111. The summed E-state index contributed by atoms with van der Waals surface area (Å²) in [6, 6.07) is 15.8. The monoisotopic (exact) mass is 1550 g/mol. The molecule has 8 nitrogen and oxygen atoms in total. The van der Waals surface area contributed by atoms with Crippen molar-refractivity contribution >= 4 is 25.1 Å². The Hall–Kier alpha value is -5.24. The number of unbranched alkanes of at least 4 members (excludes halogenated alkanes) is 60. The Morgan fingerprint density at radius 3 is 0.393 bits per heavy atom. The number of rotatable bonds is 76. The fourth-order valence-corrected chi connectivity index (χ4v) is 17.3. The molecule has 4 aromatic carbocycles. The predicted molar refractivity (Wildman–Crippen MR) is 479 cm³/mol. The topological polar surface area (TPSA) is 105 Å². The van der Waals surface area contributed by atoms with Crippen molar-refractivity contribution in [3.8, 4) is 23.0 Å². The zero-order valence-electron chi connectivity index (χ0n) is 73.1. The summed E-state index contributed by atoms with van der Waals surface area (Å²) in [7, 11) is 0. The molecule has 0 N–H and O–H groups in total. The van der Waals surface area contributed by atoms with Gasteiger partial charge in [0, 0.05) is 47.9 Å². The molecule has 0 saturated heterocycles. The van der Waals surface area contributed by atoms with Crippen molar-refractivity contribution in [2.75, 3.05) is 26.4 Å². The van der Waals surface area contributed by atoms with E-state index in [1.165, 1.54) is 334 Å². The summed E-state index contributed by atoms with van der Waals surface area (Å²) in [5.41, 5.74) is 8.92. The Bertz CT molecular complexity index is 2500. The third kappa shape index (κ3) is 44.7. The molecule has 0 aliphatic heterocycles. The molecule has 1 aliphatic rings. The first-order valence-corrected chi connectivity index (χ1v) is 48.3. The van der Waals surface area contributed by atoms with Crippen molar-refractivity contribution in [2.24, 2.45) is 0 Å². The Morgan fingerprint density at radius 1 is 0.179 bits per heavy atom. The van der Waals surface area contributed by atoms with Crippen LogP contribution in [0.4, 0.5) is 0 Å². The van der Waals surface area contributed by atoms with E-state index in [1.807, 2.05) is 48.5 Å². The molecule has 0 saturated carbocycles. The number of ether oxygens (including phenoxy) is 4. The van der Waals surface area contributed by atoms with Gasteiger partial charge in [-0.15, -0.1) is 0 Å². The second-order valence-corrected chi connectivity index (χ2v) is 34.5. The molecule has 0 atom stereocenters. The molecule has 5 rings (SSSR count). The molecule has 632 valence electrons. The van der Waals surface area contributed by atoms with Gasteiger partial charge >= 0.3 is 0 Å². The summed E-state index contributed by atoms with van der Waals surface area (Å²) in [5.74, 6) is 2.92. The Labute approximate surface area is 688 Å². The van der Waals surface area contributed by atoms with Crippen LogP contribution in [0.1, 0.15) is 525 Å². The number of fused-ring (bicyclic) bond motifs is 8. The van der Waals surface area contributed by atoms with E-state index in [-0.39, 0.29) is 0 Å². The molecule has 0 heterocycles. The highest BCUT2D eigenvalue weighted by Crippen LogP contribution is 2.42. The van der Waals surface area contributed by atoms with Gasteiger partial charge in [-0.1, -0.05) is 413 Å². The zero-order valence-corrected chi connectivity index (χ0v) is 73.1. The van der Waals surface area contributed by atoms with Gasteiger partial charge in [0.15, 0.2) is 0 Å². The van der Waals surface area contributed by atoms with Gasteiger partial charge in [-0.25, -0.2) is 0 Å². The summed E-state index contributed by atoms with van der Waals surface area (Å²) in [6.45, 7) is 11.2. The van der Waals surface area contributed by atoms with Gasteiger partial charge < -0.3 is 18.9 Å². The molecule has 0 unspecified atom stereocenters. The molecular weight excluding hydrogens is 1380 g/mol. The Morgan fingerprint density at radius 2 is 0.286 bits per heavy atom. The van der Waals surface area contributed by atoms with Crippen molar-refractivity contribution in [1.82, 2.24) is 0 Å². The molecule has 1 aliphatic carbocycles. The molecule has 112 heavy (non-hydrogen) atoms. The lowest BCUT2D eigenvalue weighted by Gasteiger charge is -2.24. The van der Waals surface area contributed by atoms with Gasteiger partial charge in [0.25, 0.3) is 0 Å². The lowest BCUT2D eigenvalue weighted by Crippen LogP contribution is -2.12. The van der Waals surface area contributed by atoms with E-state index < -0.39 is 0 Å². The molecule has 0 fully saturated rings. The standard InChI is InChI=1S/C104H168O8/c1-5-9-13-17-21-25-29-33-37-41-45-49-53-57-61-65-69-109-101-93-73-89(85-105)74-94(101)82-96-76-91(87-107)78-98(103(96)111-71-67-63-59-55-51-47-43-39-35-31-27-23-19-15-11-7-3)84-100-80-92(88-108)79-99(104(100)112-72-68-64-60-56-52-48-44-40-36-32-28-24-20-16-12-8-4)83-97-77-90(86-106)75-95(81-93)102(97)110-70-66-62-58-54-50-46-42-38-34-30-26-22-18-14-10-6-2/h73-80,85-88H,5-72,81-84H2,1-4H3. The minimum Gasteiger partial charge on any atom is -0.493 e. The largest absolute Gasteiger partial charge is 0.493 e. The van der Waals surface area contributed by atoms with Crippen molar-refractivity contribution in [3.63, 3.8) is 0 Å². The highest BCUT2D eigenvalue weighted by atomic mass is 16.5. The maximum Gasteiger partial charge on any atom is 0.150 e. The number of hydrogen-bond acceptors (Lipinski definition) is 8. The van der Waals surface area contributed by atoms with E-state index in [1.54, 1.807) is 0 Å². The van der Waals surface area contributed by atoms with Gasteiger partial charge in [0.05, 0.1) is 26.4 Å². The van der Waals surface area contributed by atoms with E-state index in [9.17, 15) is 19.2 Å². The van der Waals surface area contributed by atoms with Gasteiger partial charge in [0.2, 0.25) is 0 Å². The van der Waals surface area contributed by atoms with Gasteiger partial charge in [0.1, 0.15) is 48.1 Å². The average molecular weight is 1550 g/mol. The molecule has 0 aromatic heterocycles. The van der Waals surface area contributed by atoms with Crippen LogP contribution in [0.15, 0.2) is 48.5 Å². The maximum absolute atomic E-state index is 13.4. The smallest absolute Gasteiger partial charge is 0.150 e. The molecule has 0 spiro atoms. The average Bonchev–Trinajstić information content (AvgIpc) is 0.775. The number of aldehydes is 4. The van der Waals surface area contributed by atoms with Crippen LogP contribution in [0.2, 0.25) is 0 Å². The highest BCUT2D eigenvalue weighted by Gasteiger charge is 2.25. The Kier molecular flexibility index (Phi) is 59.0. The van der Waals surface area contributed by atoms with Crippen LogP contribution in [-0.2, 0) is 25.7 Å². The first-order chi connectivity index (χ1) is 55.4. The highest BCUT2D eigenvalue weighted by molar-refractivity contribution is 5.80. The number of carbonyl (C=O) groups is 4. The quantitative estimate of drug-likeness (QED) is 0.0280. The van der Waals surface area contributed by atoms with E-state index >= 15 is 0 Å². The fourth-order valence-electron chi connectivity index (χ4n) is 17.3. The number of benzene rings is 4. The summed E-state index contributed by atoms with van der Waals surface area (Å²) in [5, 5.41) is 0. The molecule has 4 aromatic rings. The summed E-state index contributed by atoms with van der Waals surface area (Å²) in [4.78, 5) is 53.6. The molecular formula is C104H168O8. The van der Waals surface area contributed by atoms with E-state index in [0.717, 1.165) is 170 Å². The van der Waals surface area contributed by atoms with Crippen LogP contribution in [-0.4, -0.2) is 51.6 Å². The minimum atomic E-state index is 0.344. The van der Waals surface area contributed by atoms with E-state index in [2.05, 4.69) is 27.7 Å². The number of carbonyl (C=O) groups excluding carboxylic acids is 4. The SMILES string of the molecule is CCCCCCCCCCCCCCCCCCOc1c2cc(C=O)cc1Cc1cc(C=O)cc(c1OCCCCCCCCCCCCCCCCCC)Cc1cc(C=O)cc(c1OCCCCCCCCCCCCCCCCCC)Cc1cc(C=O)cc(c1OCCCCCCCCCCCCCCCCCC)C2. The van der Waals surface area contributed by atoms with Crippen LogP contribution in [0.25, 0.3) is 0 Å². The molecule has 8 bridgehead atoms. The number of hydrogen-bond donors (Lipinski definition) is 0. The summed E-state index contributed by atoms with van der Waals surface area (Å²) < 4.78 is 28.6. The molecule has 0 radical (unpaired) electrons.